The van der Waals surface area contributed by atoms with Gasteiger partial charge in [0.15, 0.2) is 6.04 Å². The number of quaternary nitrogens is 2. The molecular formula is C22H28N2O2+2. The van der Waals surface area contributed by atoms with E-state index in [1.54, 1.807) is 6.07 Å². The van der Waals surface area contributed by atoms with E-state index in [0.717, 1.165) is 40.7 Å². The first-order valence-electron chi connectivity index (χ1n) is 9.17. The van der Waals surface area contributed by atoms with Crippen LogP contribution >= 0.6 is 0 Å². The summed E-state index contributed by atoms with van der Waals surface area (Å²) in [6.45, 7) is 5.77. The van der Waals surface area contributed by atoms with Gasteiger partial charge >= 0.3 is 5.63 Å². The molecule has 26 heavy (non-hydrogen) atoms. The van der Waals surface area contributed by atoms with Crippen LogP contribution in [0.3, 0.4) is 0 Å². The van der Waals surface area contributed by atoms with Crippen LogP contribution in [-0.2, 0) is 6.54 Å². The predicted octanol–water partition coefficient (Wildman–Crippen LogP) is 1.36. The third kappa shape index (κ3) is 3.87. The smallest absolute Gasteiger partial charge is 0.336 e. The molecule has 0 amide bonds. The molecule has 0 radical (unpaired) electrons. The highest BCUT2D eigenvalue weighted by molar-refractivity contribution is 5.83. The average Bonchev–Trinajstić information content (AvgIpc) is 2.62. The Morgan fingerprint density at radius 2 is 1.81 bits per heavy atom. The first kappa shape index (κ1) is 18.4. The Morgan fingerprint density at radius 1 is 1.08 bits per heavy atom. The molecule has 3 rings (SSSR count). The number of rotatable bonds is 6. The third-order valence-electron chi connectivity index (χ3n) is 5.18. The molecule has 0 saturated heterocycles. The molecule has 0 saturated carbocycles. The summed E-state index contributed by atoms with van der Waals surface area (Å²) < 4.78 is 5.48. The Bertz CT molecular complexity index is 946. The summed E-state index contributed by atoms with van der Waals surface area (Å²) in [5.74, 6) is 0. The molecule has 3 aromatic rings. The third-order valence-corrected chi connectivity index (χ3v) is 5.18. The van der Waals surface area contributed by atoms with Crippen molar-refractivity contribution in [2.24, 2.45) is 0 Å². The van der Waals surface area contributed by atoms with Crippen LogP contribution in [-0.4, -0.2) is 20.6 Å². The molecular weight excluding hydrogens is 324 g/mol. The van der Waals surface area contributed by atoms with E-state index >= 15 is 0 Å². The second-order valence-corrected chi connectivity index (χ2v) is 7.24. The van der Waals surface area contributed by atoms with Crippen molar-refractivity contribution in [3.63, 3.8) is 0 Å². The lowest BCUT2D eigenvalue weighted by atomic mass is 10.0. The monoisotopic (exact) mass is 352 g/mol. The van der Waals surface area contributed by atoms with Crippen LogP contribution in [0, 0.1) is 13.8 Å². The van der Waals surface area contributed by atoms with Gasteiger partial charge in [-0.05, 0) is 25.0 Å². The van der Waals surface area contributed by atoms with Crippen LogP contribution in [0.4, 0.5) is 0 Å². The average molecular weight is 352 g/mol. The van der Waals surface area contributed by atoms with Gasteiger partial charge in [0.2, 0.25) is 0 Å². The normalized spacial score (nSPS) is 12.7. The van der Waals surface area contributed by atoms with Crippen molar-refractivity contribution in [3.05, 3.63) is 81.2 Å². The maximum absolute atomic E-state index is 12.0. The van der Waals surface area contributed by atoms with Crippen molar-refractivity contribution in [1.82, 2.24) is 0 Å². The number of likely N-dealkylation sites (N-methyl/N-ethyl adjacent to an activating group) is 1. The lowest BCUT2D eigenvalue weighted by molar-refractivity contribution is -0.910. The summed E-state index contributed by atoms with van der Waals surface area (Å²) in [5.41, 5.74) is 5.02. The molecule has 0 unspecified atom stereocenters. The van der Waals surface area contributed by atoms with E-state index in [1.165, 1.54) is 10.5 Å². The van der Waals surface area contributed by atoms with Crippen molar-refractivity contribution < 1.29 is 14.6 Å². The summed E-state index contributed by atoms with van der Waals surface area (Å²) in [6, 6.07) is 16.8. The summed E-state index contributed by atoms with van der Waals surface area (Å²) in [7, 11) is 4.37. The lowest BCUT2D eigenvalue weighted by Gasteiger charge is -2.20. The molecule has 0 fully saturated rings. The molecule has 4 heteroatoms. The van der Waals surface area contributed by atoms with E-state index < -0.39 is 0 Å². The van der Waals surface area contributed by atoms with Gasteiger partial charge in [-0.3, -0.25) is 0 Å². The molecule has 0 aliphatic carbocycles. The van der Waals surface area contributed by atoms with E-state index in [1.807, 2.05) is 13.8 Å². The van der Waals surface area contributed by atoms with Crippen LogP contribution in [0.15, 0.2) is 57.7 Å². The van der Waals surface area contributed by atoms with Gasteiger partial charge < -0.3 is 14.6 Å². The minimum absolute atomic E-state index is 0.271. The molecule has 1 atom stereocenters. The zero-order valence-electron chi connectivity index (χ0n) is 16.0. The van der Waals surface area contributed by atoms with E-state index in [0.29, 0.717) is 6.04 Å². The molecule has 0 bridgehead atoms. The summed E-state index contributed by atoms with van der Waals surface area (Å²) in [5, 5.41) is 3.33. The highest BCUT2D eigenvalue weighted by Crippen LogP contribution is 2.22. The van der Waals surface area contributed by atoms with E-state index in [-0.39, 0.29) is 5.63 Å². The Hall–Kier alpha value is -2.43. The molecule has 2 aromatic carbocycles. The second-order valence-electron chi connectivity index (χ2n) is 7.24. The first-order valence-corrected chi connectivity index (χ1v) is 9.17. The van der Waals surface area contributed by atoms with Crippen LogP contribution in [0.1, 0.15) is 28.3 Å². The highest BCUT2D eigenvalue weighted by Gasteiger charge is 2.20. The largest absolute Gasteiger partial charge is 0.422 e. The maximum Gasteiger partial charge on any atom is 0.336 e. The minimum atomic E-state index is -0.271. The predicted molar refractivity (Wildman–Crippen MR) is 104 cm³/mol. The molecule has 1 heterocycles. The van der Waals surface area contributed by atoms with E-state index in [2.05, 4.69) is 61.9 Å². The zero-order chi connectivity index (χ0) is 18.7. The molecule has 4 nitrogen and oxygen atoms in total. The topological polar surface area (TPSA) is 51.3 Å². The van der Waals surface area contributed by atoms with E-state index in [4.69, 9.17) is 4.42 Å². The molecule has 1 aromatic heterocycles. The molecule has 0 aliphatic rings. The quantitative estimate of drug-likeness (QED) is 0.658. The highest BCUT2D eigenvalue weighted by atomic mass is 16.4. The Balaban J connectivity index is 1.81. The summed E-state index contributed by atoms with van der Waals surface area (Å²) >= 11 is 0. The number of nitrogens with one attached hydrogen (secondary N) is 1. The molecule has 0 spiro atoms. The van der Waals surface area contributed by atoms with Crippen molar-refractivity contribution in [2.45, 2.75) is 26.4 Å². The van der Waals surface area contributed by atoms with Gasteiger partial charge in [-0.15, -0.1) is 0 Å². The number of hydrogen-bond donors (Lipinski definition) is 2. The van der Waals surface area contributed by atoms with Crippen molar-refractivity contribution in [2.75, 3.05) is 20.6 Å². The zero-order valence-corrected chi connectivity index (χ0v) is 16.0. The number of fused-ring (bicyclic) bond motifs is 1. The summed E-state index contributed by atoms with van der Waals surface area (Å²) in [6.07, 6.45) is 0. The molecule has 3 N–H and O–H groups in total. The Kier molecular flexibility index (Phi) is 5.55. The lowest BCUT2D eigenvalue weighted by Crippen LogP contribution is -3.09. The van der Waals surface area contributed by atoms with Crippen molar-refractivity contribution in [3.8, 4) is 0 Å². The fourth-order valence-electron chi connectivity index (χ4n) is 3.49. The molecule has 0 aliphatic heterocycles. The van der Waals surface area contributed by atoms with Gasteiger partial charge in [-0.1, -0.05) is 42.5 Å². The van der Waals surface area contributed by atoms with Crippen LogP contribution < -0.4 is 15.8 Å². The number of hydrogen-bond acceptors (Lipinski definition) is 2. The first-order chi connectivity index (χ1) is 12.5. The molecule has 136 valence electrons. The van der Waals surface area contributed by atoms with Crippen LogP contribution in [0.5, 0.6) is 0 Å². The van der Waals surface area contributed by atoms with Gasteiger partial charge in [-0.2, -0.15) is 0 Å². The van der Waals surface area contributed by atoms with Gasteiger partial charge in [0.1, 0.15) is 18.7 Å². The minimum Gasteiger partial charge on any atom is -0.422 e. The van der Waals surface area contributed by atoms with E-state index in [9.17, 15) is 4.79 Å². The fourth-order valence-corrected chi connectivity index (χ4v) is 3.49. The number of nitrogens with two attached hydrogens (primary N) is 1. The van der Waals surface area contributed by atoms with Gasteiger partial charge in [-0.25, -0.2) is 4.79 Å². The Morgan fingerprint density at radius 3 is 2.50 bits per heavy atom. The second kappa shape index (κ2) is 7.85. The van der Waals surface area contributed by atoms with Gasteiger partial charge in [0, 0.05) is 22.6 Å². The van der Waals surface area contributed by atoms with Gasteiger partial charge in [0.05, 0.1) is 14.1 Å². The van der Waals surface area contributed by atoms with Crippen LogP contribution in [0.25, 0.3) is 11.0 Å². The fraction of sp³-hybridized carbons (Fsp3) is 0.318. The van der Waals surface area contributed by atoms with Crippen LogP contribution in [0.2, 0.25) is 0 Å². The Labute approximate surface area is 154 Å². The SMILES string of the molecule is Cc1ccc2c(C[NH2+]C[C@@H](c3ccccc3)[NH+](C)C)cc(=O)oc2c1C. The standard InChI is InChI=1S/C22H26N2O2/c1-15-10-11-19-18(12-21(25)26-22(19)16(15)2)13-23-14-20(24(3)4)17-8-6-5-7-9-17/h5-12,20,23H,13-14H2,1-4H3/p+2/t20-/m0/s1. The van der Waals surface area contributed by atoms with Gasteiger partial charge in [0.25, 0.3) is 0 Å². The van der Waals surface area contributed by atoms with Crippen molar-refractivity contribution in [1.29, 1.82) is 0 Å². The number of benzene rings is 2. The summed E-state index contributed by atoms with van der Waals surface area (Å²) in [4.78, 5) is 13.4. The number of aryl methyl sites for hydroxylation is 2. The van der Waals surface area contributed by atoms with Crippen molar-refractivity contribution >= 4 is 11.0 Å². The maximum atomic E-state index is 12.0.